The summed E-state index contributed by atoms with van der Waals surface area (Å²) in [6, 6.07) is 5.88. The Bertz CT molecular complexity index is 1190. The van der Waals surface area contributed by atoms with Crippen LogP contribution in [0.2, 0.25) is 0 Å². The van der Waals surface area contributed by atoms with Crippen LogP contribution < -0.4 is 15.4 Å². The number of aromatic nitrogens is 3. The highest BCUT2D eigenvalue weighted by atomic mass is 19.2. The van der Waals surface area contributed by atoms with Crippen molar-refractivity contribution in [3.63, 3.8) is 0 Å². The van der Waals surface area contributed by atoms with Gasteiger partial charge in [-0.15, -0.1) is 0 Å². The molecule has 184 valence electrons. The predicted molar refractivity (Wildman–Crippen MR) is 130 cm³/mol. The first-order chi connectivity index (χ1) is 17.0. The minimum atomic E-state index is -0.917. The van der Waals surface area contributed by atoms with E-state index in [1.165, 1.54) is 18.6 Å². The van der Waals surface area contributed by atoms with E-state index in [0.29, 0.717) is 52.9 Å². The van der Waals surface area contributed by atoms with Crippen LogP contribution in [0.3, 0.4) is 0 Å². The second kappa shape index (κ2) is 11.2. The Balaban J connectivity index is 1.48. The number of anilines is 2. The quantitative estimate of drug-likeness (QED) is 0.300. The summed E-state index contributed by atoms with van der Waals surface area (Å²) in [6.45, 7) is 2.61. The number of nitrogens with one attached hydrogen (secondary N) is 3. The van der Waals surface area contributed by atoms with Crippen LogP contribution in [0.1, 0.15) is 43.2 Å². The molecule has 10 heteroatoms. The molecule has 0 spiro atoms. The first-order valence-electron chi connectivity index (χ1n) is 11.6. The second-order valence-electron chi connectivity index (χ2n) is 8.50. The van der Waals surface area contributed by atoms with Gasteiger partial charge in [0.2, 0.25) is 0 Å². The fourth-order valence-electron chi connectivity index (χ4n) is 3.73. The summed E-state index contributed by atoms with van der Waals surface area (Å²) in [5.41, 5.74) is 2.48. The van der Waals surface area contributed by atoms with Crippen LogP contribution in [0.4, 0.5) is 20.4 Å². The smallest absolute Gasteiger partial charge is 0.162 e. The molecule has 0 amide bonds. The van der Waals surface area contributed by atoms with Gasteiger partial charge in [0.15, 0.2) is 11.6 Å². The average molecular weight is 483 g/mol. The molecule has 4 N–H and O–H groups in total. The number of ether oxygens (including phenoxy) is 1. The number of hydrogen-bond donors (Lipinski definition) is 4. The predicted octanol–water partition coefficient (Wildman–Crippen LogP) is 4.37. The number of pyridine rings is 1. The molecule has 0 bridgehead atoms. The highest BCUT2D eigenvalue weighted by Gasteiger charge is 2.23. The molecule has 1 fully saturated rings. The zero-order chi connectivity index (χ0) is 24.8. The molecule has 3 aromatic rings. The molecule has 0 radical (unpaired) electrons. The molecule has 1 aliphatic rings. The van der Waals surface area contributed by atoms with Crippen molar-refractivity contribution in [3.05, 3.63) is 59.6 Å². The van der Waals surface area contributed by atoms with Gasteiger partial charge >= 0.3 is 0 Å². The van der Waals surface area contributed by atoms with E-state index in [-0.39, 0.29) is 18.6 Å². The Kier molecular flexibility index (Phi) is 7.81. The monoisotopic (exact) mass is 482 g/mol. The van der Waals surface area contributed by atoms with Crippen molar-refractivity contribution in [1.29, 1.82) is 5.41 Å². The summed E-state index contributed by atoms with van der Waals surface area (Å²) in [4.78, 5) is 12.9. The highest BCUT2D eigenvalue weighted by molar-refractivity contribution is 5.86. The van der Waals surface area contributed by atoms with E-state index in [1.54, 1.807) is 18.3 Å². The highest BCUT2D eigenvalue weighted by Crippen LogP contribution is 2.33. The van der Waals surface area contributed by atoms with Crippen LogP contribution >= 0.6 is 0 Å². The fraction of sp³-hybridized carbons (Fsp3) is 0.360. The molecule has 1 atom stereocenters. The lowest BCUT2D eigenvalue weighted by atomic mass is 9.95. The molecule has 0 aliphatic heterocycles. The standard InChI is InChI=1S/C25H28F2N6O2/c1-15(19-8-20(26)21(27)9-23(19)35-18-3-2-4-18)12-30-24-10-22(32-14-33-24)17-7-16(11-28)25(31-13-17)29-5-6-34/h7-11,13-15,18,28,34H,2-6,12H2,1H3,(H,29,31)(H,30,32,33). The van der Waals surface area contributed by atoms with Crippen molar-refractivity contribution < 1.29 is 18.6 Å². The Morgan fingerprint density at radius 3 is 2.66 bits per heavy atom. The minimum absolute atomic E-state index is 0.0427. The average Bonchev–Trinajstić information content (AvgIpc) is 2.85. The third-order valence-electron chi connectivity index (χ3n) is 5.96. The molecule has 1 aromatic carbocycles. The van der Waals surface area contributed by atoms with Gasteiger partial charge in [0.1, 0.15) is 23.7 Å². The number of nitrogens with zero attached hydrogens (tertiary/aromatic N) is 3. The molecular weight excluding hydrogens is 454 g/mol. The Hall–Kier alpha value is -3.66. The van der Waals surface area contributed by atoms with E-state index in [1.807, 2.05) is 6.92 Å². The SMILES string of the molecule is CC(CNc1cc(-c2cnc(NCCO)c(C=N)c2)ncn1)c1cc(F)c(F)cc1OC1CCC1. The Labute approximate surface area is 202 Å². The van der Waals surface area contributed by atoms with Crippen LogP contribution in [0.5, 0.6) is 5.75 Å². The van der Waals surface area contributed by atoms with Gasteiger partial charge in [0.25, 0.3) is 0 Å². The molecular formula is C25H28F2N6O2. The fourth-order valence-corrected chi connectivity index (χ4v) is 3.73. The molecule has 35 heavy (non-hydrogen) atoms. The van der Waals surface area contributed by atoms with Crippen molar-refractivity contribution in [2.24, 2.45) is 0 Å². The molecule has 0 saturated heterocycles. The zero-order valence-corrected chi connectivity index (χ0v) is 19.4. The summed E-state index contributed by atoms with van der Waals surface area (Å²) in [5.74, 6) is -0.550. The number of benzene rings is 1. The van der Waals surface area contributed by atoms with Gasteiger partial charge < -0.3 is 25.9 Å². The van der Waals surface area contributed by atoms with Gasteiger partial charge in [0.05, 0.1) is 18.4 Å². The molecule has 8 nitrogen and oxygen atoms in total. The van der Waals surface area contributed by atoms with E-state index in [9.17, 15) is 8.78 Å². The van der Waals surface area contributed by atoms with E-state index in [2.05, 4.69) is 25.6 Å². The summed E-state index contributed by atoms with van der Waals surface area (Å²) in [7, 11) is 0. The normalized spacial score (nSPS) is 14.2. The van der Waals surface area contributed by atoms with Gasteiger partial charge in [-0.3, -0.25) is 0 Å². The van der Waals surface area contributed by atoms with E-state index < -0.39 is 11.6 Å². The van der Waals surface area contributed by atoms with Gasteiger partial charge in [-0.1, -0.05) is 6.92 Å². The summed E-state index contributed by atoms with van der Waals surface area (Å²) in [5, 5.41) is 22.8. The van der Waals surface area contributed by atoms with Crippen LogP contribution in [0, 0.1) is 17.0 Å². The maximum Gasteiger partial charge on any atom is 0.162 e. The number of hydrogen-bond acceptors (Lipinski definition) is 8. The lowest BCUT2D eigenvalue weighted by Crippen LogP contribution is -2.25. The summed E-state index contributed by atoms with van der Waals surface area (Å²) in [6.07, 6.45) is 7.20. The zero-order valence-electron chi connectivity index (χ0n) is 19.4. The van der Waals surface area contributed by atoms with E-state index >= 15 is 0 Å². The maximum absolute atomic E-state index is 14.0. The van der Waals surface area contributed by atoms with Crippen molar-refractivity contribution >= 4 is 17.9 Å². The third kappa shape index (κ3) is 5.89. The number of aliphatic hydroxyl groups excluding tert-OH is 1. The molecule has 1 unspecified atom stereocenters. The Morgan fingerprint density at radius 2 is 1.94 bits per heavy atom. The van der Waals surface area contributed by atoms with Crippen molar-refractivity contribution in [2.45, 2.75) is 38.2 Å². The third-order valence-corrected chi connectivity index (χ3v) is 5.96. The molecule has 1 saturated carbocycles. The largest absolute Gasteiger partial charge is 0.490 e. The minimum Gasteiger partial charge on any atom is -0.490 e. The second-order valence-corrected chi connectivity index (χ2v) is 8.50. The number of rotatable bonds is 11. The van der Waals surface area contributed by atoms with E-state index in [4.69, 9.17) is 15.3 Å². The van der Waals surface area contributed by atoms with Crippen LogP contribution in [0.15, 0.2) is 36.8 Å². The lowest BCUT2D eigenvalue weighted by Gasteiger charge is -2.28. The van der Waals surface area contributed by atoms with Gasteiger partial charge in [0, 0.05) is 60.2 Å². The molecule has 2 heterocycles. The van der Waals surface area contributed by atoms with Gasteiger partial charge in [-0.05, 0) is 31.4 Å². The van der Waals surface area contributed by atoms with Crippen LogP contribution in [-0.4, -0.2) is 52.1 Å². The first kappa shape index (κ1) is 24.5. The van der Waals surface area contributed by atoms with Crippen LogP contribution in [-0.2, 0) is 0 Å². The van der Waals surface area contributed by atoms with Crippen LogP contribution in [0.25, 0.3) is 11.3 Å². The first-order valence-corrected chi connectivity index (χ1v) is 11.6. The summed E-state index contributed by atoms with van der Waals surface area (Å²) < 4.78 is 33.8. The summed E-state index contributed by atoms with van der Waals surface area (Å²) >= 11 is 0. The Morgan fingerprint density at radius 1 is 1.14 bits per heavy atom. The number of aliphatic hydroxyl groups is 1. The maximum atomic E-state index is 14.0. The topological polar surface area (TPSA) is 116 Å². The molecule has 1 aliphatic carbocycles. The van der Waals surface area contributed by atoms with E-state index in [0.717, 1.165) is 25.3 Å². The van der Waals surface area contributed by atoms with Gasteiger partial charge in [-0.2, -0.15) is 0 Å². The molecule has 4 rings (SSSR count). The van der Waals surface area contributed by atoms with Crippen molar-refractivity contribution in [1.82, 2.24) is 15.0 Å². The molecule has 2 aromatic heterocycles. The van der Waals surface area contributed by atoms with Gasteiger partial charge in [-0.25, -0.2) is 23.7 Å². The van der Waals surface area contributed by atoms with Crippen molar-refractivity contribution in [3.8, 4) is 17.0 Å². The lowest BCUT2D eigenvalue weighted by molar-refractivity contribution is 0.118. The number of halogens is 2. The van der Waals surface area contributed by atoms with Crippen molar-refractivity contribution in [2.75, 3.05) is 30.3 Å².